The standard InChI is InChI=1S/C17H13BrN4O2/c18-12-2-1-3-14(10-12)21-17-19-9-8-15(22-17)20-13-6-4-11(5-7-13)16(23)24/h1-10H,(H,23,24)(H2,19,20,21,22). The monoisotopic (exact) mass is 384 g/mol. The van der Waals surface area contributed by atoms with Crippen molar-refractivity contribution >= 4 is 45.0 Å². The van der Waals surface area contributed by atoms with Crippen molar-refractivity contribution in [2.24, 2.45) is 0 Å². The molecule has 120 valence electrons. The molecule has 1 heterocycles. The van der Waals surface area contributed by atoms with E-state index in [2.05, 4.69) is 36.5 Å². The topological polar surface area (TPSA) is 87.1 Å². The number of hydrogen-bond donors (Lipinski definition) is 3. The Morgan fingerprint density at radius 3 is 2.50 bits per heavy atom. The summed E-state index contributed by atoms with van der Waals surface area (Å²) >= 11 is 3.42. The van der Waals surface area contributed by atoms with Crippen molar-refractivity contribution in [3.8, 4) is 0 Å². The number of anilines is 4. The lowest BCUT2D eigenvalue weighted by molar-refractivity contribution is 0.0697. The number of nitrogens with one attached hydrogen (secondary N) is 2. The summed E-state index contributed by atoms with van der Waals surface area (Å²) in [5.74, 6) is 0.106. The Labute approximate surface area is 146 Å². The first-order chi connectivity index (χ1) is 11.6. The molecule has 0 fully saturated rings. The van der Waals surface area contributed by atoms with Crippen molar-refractivity contribution < 1.29 is 9.90 Å². The maximum atomic E-state index is 10.9. The Morgan fingerprint density at radius 1 is 1.00 bits per heavy atom. The predicted molar refractivity (Wildman–Crippen MR) is 96.1 cm³/mol. The van der Waals surface area contributed by atoms with Gasteiger partial charge in [0.15, 0.2) is 0 Å². The molecule has 0 aliphatic heterocycles. The molecule has 0 saturated heterocycles. The average molecular weight is 385 g/mol. The molecule has 0 radical (unpaired) electrons. The number of nitrogens with zero attached hydrogens (tertiary/aromatic N) is 2. The van der Waals surface area contributed by atoms with Gasteiger partial charge < -0.3 is 15.7 Å². The van der Waals surface area contributed by atoms with Crippen molar-refractivity contribution in [1.82, 2.24) is 9.97 Å². The van der Waals surface area contributed by atoms with Crippen LogP contribution < -0.4 is 10.6 Å². The molecule has 2 aromatic carbocycles. The number of halogens is 1. The largest absolute Gasteiger partial charge is 0.478 e. The van der Waals surface area contributed by atoms with Crippen LogP contribution in [-0.2, 0) is 0 Å². The third-order valence-corrected chi connectivity index (χ3v) is 3.63. The maximum absolute atomic E-state index is 10.9. The molecule has 0 aliphatic carbocycles. The van der Waals surface area contributed by atoms with Crippen LogP contribution in [0.2, 0.25) is 0 Å². The lowest BCUT2D eigenvalue weighted by Gasteiger charge is -2.09. The van der Waals surface area contributed by atoms with Crippen LogP contribution in [-0.4, -0.2) is 21.0 Å². The molecule has 0 unspecified atom stereocenters. The molecule has 0 bridgehead atoms. The minimum absolute atomic E-state index is 0.236. The van der Waals surface area contributed by atoms with E-state index in [0.717, 1.165) is 15.8 Å². The van der Waals surface area contributed by atoms with E-state index in [1.165, 1.54) is 12.1 Å². The summed E-state index contributed by atoms with van der Waals surface area (Å²) in [5.41, 5.74) is 1.85. The molecule has 3 N–H and O–H groups in total. The van der Waals surface area contributed by atoms with Gasteiger partial charge in [-0.05, 0) is 48.5 Å². The Hall–Kier alpha value is -2.93. The molecule has 3 aromatic rings. The summed E-state index contributed by atoms with van der Waals surface area (Å²) in [6, 6.07) is 15.9. The molecule has 0 spiro atoms. The Balaban J connectivity index is 1.74. The minimum atomic E-state index is -0.955. The fourth-order valence-electron chi connectivity index (χ4n) is 2.03. The second-order valence-corrected chi connectivity index (χ2v) is 5.82. The lowest BCUT2D eigenvalue weighted by atomic mass is 10.2. The summed E-state index contributed by atoms with van der Waals surface area (Å²) in [6.07, 6.45) is 1.64. The van der Waals surface area contributed by atoms with Crippen LogP contribution >= 0.6 is 15.9 Å². The van der Waals surface area contributed by atoms with Crippen LogP contribution in [0.5, 0.6) is 0 Å². The number of carboxylic acids is 1. The molecule has 1 aromatic heterocycles. The van der Waals surface area contributed by atoms with Crippen LogP contribution in [0, 0.1) is 0 Å². The van der Waals surface area contributed by atoms with Crippen LogP contribution in [0.4, 0.5) is 23.1 Å². The van der Waals surface area contributed by atoms with E-state index < -0.39 is 5.97 Å². The summed E-state index contributed by atoms with van der Waals surface area (Å²) in [4.78, 5) is 19.4. The van der Waals surface area contributed by atoms with Gasteiger partial charge >= 0.3 is 5.97 Å². The van der Waals surface area contributed by atoms with Crippen molar-refractivity contribution in [1.29, 1.82) is 0 Å². The second kappa shape index (κ2) is 7.10. The molecule has 0 aliphatic rings. The van der Waals surface area contributed by atoms with Gasteiger partial charge in [-0.2, -0.15) is 4.98 Å². The number of hydrogen-bond acceptors (Lipinski definition) is 5. The number of carboxylic acid groups (broad SMARTS) is 1. The van der Waals surface area contributed by atoms with Gasteiger partial charge in [-0.25, -0.2) is 9.78 Å². The molecule has 0 atom stereocenters. The van der Waals surface area contributed by atoms with Gasteiger partial charge in [0.1, 0.15) is 5.82 Å². The Morgan fingerprint density at radius 2 is 1.79 bits per heavy atom. The smallest absolute Gasteiger partial charge is 0.335 e. The predicted octanol–water partition coefficient (Wildman–Crippen LogP) is 4.42. The Bertz CT molecular complexity index is 868. The number of carbonyl (C=O) groups is 1. The fourth-order valence-corrected chi connectivity index (χ4v) is 2.43. The van der Waals surface area contributed by atoms with Gasteiger partial charge in [-0.1, -0.05) is 22.0 Å². The van der Waals surface area contributed by atoms with Crippen LogP contribution in [0.15, 0.2) is 65.3 Å². The SMILES string of the molecule is O=C(O)c1ccc(Nc2ccnc(Nc3cccc(Br)c3)n2)cc1. The average Bonchev–Trinajstić information content (AvgIpc) is 2.56. The third kappa shape index (κ3) is 4.08. The zero-order valence-electron chi connectivity index (χ0n) is 12.4. The van der Waals surface area contributed by atoms with Crippen molar-refractivity contribution in [3.05, 3.63) is 70.8 Å². The summed E-state index contributed by atoms with van der Waals surface area (Å²) in [7, 11) is 0. The number of aromatic carboxylic acids is 1. The molecule has 6 nitrogen and oxygen atoms in total. The first-order valence-corrected chi connectivity index (χ1v) is 7.85. The van der Waals surface area contributed by atoms with Crippen LogP contribution in [0.1, 0.15) is 10.4 Å². The van der Waals surface area contributed by atoms with E-state index in [0.29, 0.717) is 11.8 Å². The lowest BCUT2D eigenvalue weighted by Crippen LogP contribution is -2.01. The quantitative estimate of drug-likeness (QED) is 0.603. The molecule has 0 saturated carbocycles. The molecular weight excluding hydrogens is 372 g/mol. The highest BCUT2D eigenvalue weighted by atomic mass is 79.9. The van der Waals surface area contributed by atoms with Gasteiger partial charge in [0, 0.05) is 22.0 Å². The van der Waals surface area contributed by atoms with Crippen molar-refractivity contribution in [2.45, 2.75) is 0 Å². The fraction of sp³-hybridized carbons (Fsp3) is 0. The highest BCUT2D eigenvalue weighted by Gasteiger charge is 2.04. The van der Waals surface area contributed by atoms with E-state index in [9.17, 15) is 4.79 Å². The summed E-state index contributed by atoms with van der Waals surface area (Å²) < 4.78 is 0.959. The molecule has 3 rings (SSSR count). The van der Waals surface area contributed by atoms with E-state index in [-0.39, 0.29) is 5.56 Å². The second-order valence-electron chi connectivity index (χ2n) is 4.91. The van der Waals surface area contributed by atoms with Gasteiger partial charge in [-0.15, -0.1) is 0 Å². The summed E-state index contributed by atoms with van der Waals surface area (Å²) in [5, 5.41) is 15.1. The van der Waals surface area contributed by atoms with E-state index in [1.807, 2.05) is 24.3 Å². The third-order valence-electron chi connectivity index (χ3n) is 3.14. The maximum Gasteiger partial charge on any atom is 0.335 e. The van der Waals surface area contributed by atoms with Crippen molar-refractivity contribution in [3.63, 3.8) is 0 Å². The molecule has 7 heteroatoms. The van der Waals surface area contributed by atoms with Crippen LogP contribution in [0.25, 0.3) is 0 Å². The molecular formula is C17H13BrN4O2. The van der Waals surface area contributed by atoms with Gasteiger partial charge in [-0.3, -0.25) is 0 Å². The molecule has 24 heavy (non-hydrogen) atoms. The van der Waals surface area contributed by atoms with E-state index >= 15 is 0 Å². The van der Waals surface area contributed by atoms with E-state index in [4.69, 9.17) is 5.11 Å². The van der Waals surface area contributed by atoms with Crippen LogP contribution in [0.3, 0.4) is 0 Å². The summed E-state index contributed by atoms with van der Waals surface area (Å²) in [6.45, 7) is 0. The normalized spacial score (nSPS) is 10.2. The van der Waals surface area contributed by atoms with E-state index in [1.54, 1.807) is 24.4 Å². The first kappa shape index (κ1) is 15.9. The number of rotatable bonds is 5. The van der Waals surface area contributed by atoms with Crippen molar-refractivity contribution in [2.75, 3.05) is 10.6 Å². The highest BCUT2D eigenvalue weighted by Crippen LogP contribution is 2.20. The highest BCUT2D eigenvalue weighted by molar-refractivity contribution is 9.10. The van der Waals surface area contributed by atoms with Gasteiger partial charge in [0.2, 0.25) is 5.95 Å². The zero-order chi connectivity index (χ0) is 16.9. The first-order valence-electron chi connectivity index (χ1n) is 7.06. The minimum Gasteiger partial charge on any atom is -0.478 e. The van der Waals surface area contributed by atoms with Gasteiger partial charge in [0.25, 0.3) is 0 Å². The number of benzene rings is 2. The zero-order valence-corrected chi connectivity index (χ0v) is 14.0. The van der Waals surface area contributed by atoms with Gasteiger partial charge in [0.05, 0.1) is 5.56 Å². The number of aromatic nitrogens is 2. The molecule has 0 amide bonds. The Kier molecular flexibility index (Phi) is 4.72.